The third-order valence-electron chi connectivity index (χ3n) is 2.98. The van der Waals surface area contributed by atoms with E-state index >= 15 is 0 Å². The van der Waals surface area contributed by atoms with Crippen LogP contribution >= 0.6 is 0 Å². The number of benzene rings is 2. The Morgan fingerprint density at radius 3 is 2.12 bits per heavy atom. The largest absolute Gasteiger partial charge is 0.198 e. The summed E-state index contributed by atoms with van der Waals surface area (Å²) < 4.78 is 0. The lowest BCUT2D eigenvalue weighted by Crippen LogP contribution is -2.00. The predicted molar refractivity (Wildman–Crippen MR) is 69.7 cm³/mol. The summed E-state index contributed by atoms with van der Waals surface area (Å²) in [4.78, 5) is 0. The molecule has 84 valence electrons. The summed E-state index contributed by atoms with van der Waals surface area (Å²) in [6, 6.07) is 20.9. The fraction of sp³-hybridized carbons (Fsp3) is 0.188. The molecule has 1 atom stereocenters. The standard InChI is InChI=1S/C16H15N/c1-13-7-9-15(10-8-13)16(11-12-17)14-5-3-2-4-6-14/h2-10,16H,11H2,1H3/t16-/m0/s1. The predicted octanol–water partition coefficient (Wildman–Crippen LogP) is 4.04. The molecule has 0 fully saturated rings. The normalized spacial score (nSPS) is 11.8. The van der Waals surface area contributed by atoms with Gasteiger partial charge in [0.25, 0.3) is 0 Å². The highest BCUT2D eigenvalue weighted by Gasteiger charge is 2.12. The first-order valence-corrected chi connectivity index (χ1v) is 5.79. The SMILES string of the molecule is Cc1ccc([C@@H](CC#N)c2ccccc2)cc1. The molecule has 0 saturated heterocycles. The summed E-state index contributed by atoms with van der Waals surface area (Å²) in [5, 5.41) is 8.96. The molecule has 1 heteroatoms. The number of hydrogen-bond donors (Lipinski definition) is 0. The van der Waals surface area contributed by atoms with Crippen LogP contribution < -0.4 is 0 Å². The van der Waals surface area contributed by atoms with E-state index in [1.54, 1.807) is 0 Å². The molecule has 0 aromatic heterocycles. The zero-order chi connectivity index (χ0) is 12.1. The molecule has 2 aromatic carbocycles. The second-order valence-corrected chi connectivity index (χ2v) is 4.24. The molecule has 17 heavy (non-hydrogen) atoms. The van der Waals surface area contributed by atoms with Crippen LogP contribution in [0.2, 0.25) is 0 Å². The summed E-state index contributed by atoms with van der Waals surface area (Å²) in [5.41, 5.74) is 3.67. The van der Waals surface area contributed by atoms with Gasteiger partial charge in [0.05, 0.1) is 6.07 Å². The highest BCUT2D eigenvalue weighted by molar-refractivity contribution is 5.34. The van der Waals surface area contributed by atoms with Gasteiger partial charge in [0.2, 0.25) is 0 Å². The summed E-state index contributed by atoms with van der Waals surface area (Å²) in [6.07, 6.45) is 0.521. The zero-order valence-electron chi connectivity index (χ0n) is 9.93. The Morgan fingerprint density at radius 1 is 0.941 bits per heavy atom. The lowest BCUT2D eigenvalue weighted by atomic mass is 9.89. The molecular weight excluding hydrogens is 206 g/mol. The highest BCUT2D eigenvalue weighted by Crippen LogP contribution is 2.27. The van der Waals surface area contributed by atoms with Gasteiger partial charge in [-0.1, -0.05) is 60.2 Å². The number of hydrogen-bond acceptors (Lipinski definition) is 1. The van der Waals surface area contributed by atoms with Crippen LogP contribution in [0.3, 0.4) is 0 Å². The molecule has 0 aliphatic carbocycles. The average Bonchev–Trinajstić information content (AvgIpc) is 2.38. The van der Waals surface area contributed by atoms with Gasteiger partial charge < -0.3 is 0 Å². The number of nitriles is 1. The smallest absolute Gasteiger partial charge is 0.0631 e. The maximum atomic E-state index is 8.96. The van der Waals surface area contributed by atoms with E-state index in [4.69, 9.17) is 5.26 Å². The molecule has 0 unspecified atom stereocenters. The van der Waals surface area contributed by atoms with Crippen molar-refractivity contribution in [1.82, 2.24) is 0 Å². The van der Waals surface area contributed by atoms with Crippen molar-refractivity contribution in [1.29, 1.82) is 5.26 Å². The topological polar surface area (TPSA) is 23.8 Å². The molecule has 0 aliphatic rings. The van der Waals surface area contributed by atoms with Crippen LogP contribution in [0.25, 0.3) is 0 Å². The average molecular weight is 221 g/mol. The van der Waals surface area contributed by atoms with Crippen LogP contribution in [0.1, 0.15) is 29.0 Å². The van der Waals surface area contributed by atoms with Crippen molar-refractivity contribution in [2.45, 2.75) is 19.3 Å². The minimum Gasteiger partial charge on any atom is -0.198 e. The lowest BCUT2D eigenvalue weighted by molar-refractivity contribution is 0.838. The fourth-order valence-electron chi connectivity index (χ4n) is 2.00. The first-order chi connectivity index (χ1) is 8.31. The molecule has 0 heterocycles. The van der Waals surface area contributed by atoms with Gasteiger partial charge in [0.15, 0.2) is 0 Å². The van der Waals surface area contributed by atoms with E-state index < -0.39 is 0 Å². The highest BCUT2D eigenvalue weighted by atomic mass is 14.3. The van der Waals surface area contributed by atoms with Gasteiger partial charge in [-0.3, -0.25) is 0 Å². The van der Waals surface area contributed by atoms with Crippen LogP contribution in [0, 0.1) is 18.3 Å². The third kappa shape index (κ3) is 2.73. The van der Waals surface area contributed by atoms with Crippen LogP contribution in [-0.4, -0.2) is 0 Å². The summed E-state index contributed by atoms with van der Waals surface area (Å²) >= 11 is 0. The van der Waals surface area contributed by atoms with E-state index in [9.17, 15) is 0 Å². The van der Waals surface area contributed by atoms with Gasteiger partial charge in [0, 0.05) is 12.3 Å². The van der Waals surface area contributed by atoms with Gasteiger partial charge in [-0.05, 0) is 18.1 Å². The van der Waals surface area contributed by atoms with E-state index in [0.29, 0.717) is 6.42 Å². The van der Waals surface area contributed by atoms with E-state index in [1.165, 1.54) is 16.7 Å². The van der Waals surface area contributed by atoms with Crippen molar-refractivity contribution in [2.24, 2.45) is 0 Å². The van der Waals surface area contributed by atoms with Gasteiger partial charge in [-0.15, -0.1) is 0 Å². The lowest BCUT2D eigenvalue weighted by Gasteiger charge is -2.14. The molecule has 0 radical (unpaired) electrons. The zero-order valence-corrected chi connectivity index (χ0v) is 9.93. The molecule has 1 nitrogen and oxygen atoms in total. The van der Waals surface area contributed by atoms with E-state index in [-0.39, 0.29) is 5.92 Å². The van der Waals surface area contributed by atoms with Crippen molar-refractivity contribution in [3.8, 4) is 6.07 Å². The van der Waals surface area contributed by atoms with Crippen molar-refractivity contribution in [2.75, 3.05) is 0 Å². The van der Waals surface area contributed by atoms with Crippen LogP contribution in [0.5, 0.6) is 0 Å². The second kappa shape index (κ2) is 5.32. The Labute approximate surface area is 102 Å². The molecule has 0 bridgehead atoms. The quantitative estimate of drug-likeness (QED) is 0.767. The number of aryl methyl sites for hydroxylation is 1. The number of nitrogens with zero attached hydrogens (tertiary/aromatic N) is 1. The maximum absolute atomic E-state index is 8.96. The minimum absolute atomic E-state index is 0.182. The van der Waals surface area contributed by atoms with Crippen LogP contribution in [0.15, 0.2) is 54.6 Å². The maximum Gasteiger partial charge on any atom is 0.0631 e. The Bertz CT molecular complexity index is 505. The Kier molecular flexibility index (Phi) is 3.57. The van der Waals surface area contributed by atoms with Gasteiger partial charge >= 0.3 is 0 Å². The number of rotatable bonds is 3. The summed E-state index contributed by atoms with van der Waals surface area (Å²) in [7, 11) is 0. The molecule has 2 aromatic rings. The molecule has 2 rings (SSSR count). The van der Waals surface area contributed by atoms with E-state index in [2.05, 4.69) is 49.4 Å². The molecule has 0 N–H and O–H groups in total. The second-order valence-electron chi connectivity index (χ2n) is 4.24. The fourth-order valence-corrected chi connectivity index (χ4v) is 2.00. The Morgan fingerprint density at radius 2 is 1.53 bits per heavy atom. The van der Waals surface area contributed by atoms with Crippen molar-refractivity contribution < 1.29 is 0 Å². The Hall–Kier alpha value is -2.07. The summed E-state index contributed by atoms with van der Waals surface area (Å²) in [6.45, 7) is 2.07. The van der Waals surface area contributed by atoms with Gasteiger partial charge in [0.1, 0.15) is 0 Å². The molecular formula is C16H15N. The van der Waals surface area contributed by atoms with E-state index in [1.807, 2.05) is 18.2 Å². The molecule has 0 saturated carbocycles. The van der Waals surface area contributed by atoms with Crippen molar-refractivity contribution >= 4 is 0 Å². The molecule has 0 amide bonds. The first kappa shape index (κ1) is 11.4. The van der Waals surface area contributed by atoms with Crippen LogP contribution in [-0.2, 0) is 0 Å². The minimum atomic E-state index is 0.182. The van der Waals surface area contributed by atoms with Gasteiger partial charge in [-0.25, -0.2) is 0 Å². The van der Waals surface area contributed by atoms with Gasteiger partial charge in [-0.2, -0.15) is 5.26 Å². The van der Waals surface area contributed by atoms with Crippen molar-refractivity contribution in [3.63, 3.8) is 0 Å². The van der Waals surface area contributed by atoms with E-state index in [0.717, 1.165) is 0 Å². The summed E-state index contributed by atoms with van der Waals surface area (Å²) in [5.74, 6) is 0.182. The van der Waals surface area contributed by atoms with Crippen LogP contribution in [0.4, 0.5) is 0 Å². The van der Waals surface area contributed by atoms with Crippen molar-refractivity contribution in [3.05, 3.63) is 71.3 Å². The Balaban J connectivity index is 2.36. The first-order valence-electron chi connectivity index (χ1n) is 5.79. The molecule has 0 aliphatic heterocycles. The third-order valence-corrected chi connectivity index (χ3v) is 2.98. The monoisotopic (exact) mass is 221 g/mol. The molecule has 0 spiro atoms.